The van der Waals surface area contributed by atoms with Gasteiger partial charge in [-0.05, 0) is 51.7 Å². The highest BCUT2D eigenvalue weighted by molar-refractivity contribution is 6.42. The fraction of sp³-hybridized carbons (Fsp3) is 0.550. The van der Waals surface area contributed by atoms with Crippen LogP contribution in [0.2, 0.25) is 10.0 Å². The summed E-state index contributed by atoms with van der Waals surface area (Å²) in [6.07, 6.45) is 0.788. The lowest BCUT2D eigenvalue weighted by atomic mass is 10.2. The predicted molar refractivity (Wildman–Crippen MR) is 114 cm³/mol. The molecule has 1 heterocycles. The van der Waals surface area contributed by atoms with E-state index in [9.17, 15) is 14.4 Å². The topological polar surface area (TPSA) is 64.2 Å². The second-order valence-electron chi connectivity index (χ2n) is 7.33. The summed E-state index contributed by atoms with van der Waals surface area (Å²) in [6.45, 7) is 4.75. The summed E-state index contributed by atoms with van der Waals surface area (Å²) >= 11 is 12.1. The molecule has 0 N–H and O–H groups in total. The van der Waals surface area contributed by atoms with E-state index in [2.05, 4.69) is 0 Å². The lowest BCUT2D eigenvalue weighted by Gasteiger charge is -2.34. The average molecular weight is 443 g/mol. The van der Waals surface area contributed by atoms with Crippen molar-refractivity contribution in [1.29, 1.82) is 0 Å². The maximum absolute atomic E-state index is 13.0. The van der Waals surface area contributed by atoms with Crippen LogP contribution in [0.3, 0.4) is 0 Å². The number of benzene rings is 1. The summed E-state index contributed by atoms with van der Waals surface area (Å²) in [5.41, 5.74) is 0.857. The van der Waals surface area contributed by atoms with Crippen molar-refractivity contribution in [3.8, 4) is 0 Å². The van der Waals surface area contributed by atoms with E-state index in [0.29, 0.717) is 42.8 Å². The van der Waals surface area contributed by atoms with Crippen molar-refractivity contribution in [2.45, 2.75) is 19.9 Å². The zero-order valence-electron chi connectivity index (χ0n) is 17.2. The Labute approximate surface area is 182 Å². The molecule has 1 aliphatic rings. The standard InChI is InChI=1S/C20H28Cl2N4O3/c1-4-24-10-11-26(20(29)19(24)28)14-18(27)25(9-5-8-23(2)3)13-15-6-7-16(21)17(22)12-15/h6-7,12H,4-5,8-11,13-14H2,1-3H3. The van der Waals surface area contributed by atoms with Gasteiger partial charge < -0.3 is 19.6 Å². The minimum atomic E-state index is -0.616. The van der Waals surface area contributed by atoms with Gasteiger partial charge in [-0.1, -0.05) is 29.3 Å². The van der Waals surface area contributed by atoms with Gasteiger partial charge in [0.15, 0.2) is 0 Å². The number of nitrogens with zero attached hydrogens (tertiary/aromatic N) is 4. The van der Waals surface area contributed by atoms with E-state index in [1.165, 1.54) is 9.80 Å². The van der Waals surface area contributed by atoms with Gasteiger partial charge in [-0.3, -0.25) is 14.4 Å². The summed E-state index contributed by atoms with van der Waals surface area (Å²) in [6, 6.07) is 5.27. The number of carbonyl (C=O) groups excluding carboxylic acids is 3. The molecule has 3 amide bonds. The Morgan fingerprint density at radius 1 is 1.03 bits per heavy atom. The average Bonchev–Trinajstić information content (AvgIpc) is 2.67. The van der Waals surface area contributed by atoms with Crippen molar-refractivity contribution in [3.05, 3.63) is 33.8 Å². The monoisotopic (exact) mass is 442 g/mol. The largest absolute Gasteiger partial charge is 0.337 e. The first-order valence-electron chi connectivity index (χ1n) is 9.67. The van der Waals surface area contributed by atoms with Crippen LogP contribution in [-0.4, -0.2) is 90.7 Å². The van der Waals surface area contributed by atoms with Gasteiger partial charge in [0.05, 0.1) is 10.0 Å². The van der Waals surface area contributed by atoms with Gasteiger partial charge in [0.25, 0.3) is 0 Å². The lowest BCUT2D eigenvalue weighted by molar-refractivity contribution is -0.157. The van der Waals surface area contributed by atoms with Crippen molar-refractivity contribution in [3.63, 3.8) is 0 Å². The number of rotatable bonds is 9. The summed E-state index contributed by atoms with van der Waals surface area (Å²) in [4.78, 5) is 44.0. The maximum Gasteiger partial charge on any atom is 0.312 e. The van der Waals surface area contributed by atoms with Gasteiger partial charge in [0.2, 0.25) is 5.91 Å². The summed E-state index contributed by atoms with van der Waals surface area (Å²) in [5, 5.41) is 0.889. The Kier molecular flexibility index (Phi) is 8.74. The van der Waals surface area contributed by atoms with Crippen LogP contribution in [0, 0.1) is 0 Å². The van der Waals surface area contributed by atoms with Crippen LogP contribution < -0.4 is 0 Å². The summed E-state index contributed by atoms with van der Waals surface area (Å²) < 4.78 is 0. The molecule has 160 valence electrons. The molecule has 0 bridgehead atoms. The van der Waals surface area contributed by atoms with Gasteiger partial charge in [0.1, 0.15) is 6.54 Å². The molecule has 0 saturated carbocycles. The summed E-state index contributed by atoms with van der Waals surface area (Å²) in [5.74, 6) is -1.36. The van der Waals surface area contributed by atoms with Crippen molar-refractivity contribution in [1.82, 2.24) is 19.6 Å². The number of likely N-dealkylation sites (N-methyl/N-ethyl adjacent to an activating group) is 1. The molecule has 7 nitrogen and oxygen atoms in total. The zero-order valence-corrected chi connectivity index (χ0v) is 18.7. The molecule has 9 heteroatoms. The SMILES string of the molecule is CCN1CCN(CC(=O)N(CCCN(C)C)Cc2ccc(Cl)c(Cl)c2)C(=O)C1=O. The zero-order chi connectivity index (χ0) is 21.6. The van der Waals surface area contributed by atoms with E-state index >= 15 is 0 Å². The van der Waals surface area contributed by atoms with Gasteiger partial charge in [0, 0.05) is 32.7 Å². The highest BCUT2D eigenvalue weighted by atomic mass is 35.5. The summed E-state index contributed by atoms with van der Waals surface area (Å²) in [7, 11) is 3.95. The van der Waals surface area contributed by atoms with E-state index in [1.54, 1.807) is 17.0 Å². The highest BCUT2D eigenvalue weighted by Gasteiger charge is 2.33. The molecular weight excluding hydrogens is 415 g/mol. The molecule has 1 aromatic carbocycles. The second-order valence-corrected chi connectivity index (χ2v) is 8.15. The third-order valence-corrected chi connectivity index (χ3v) is 5.59. The Balaban J connectivity index is 2.08. The molecule has 0 atom stereocenters. The van der Waals surface area contributed by atoms with Crippen molar-refractivity contribution in [2.24, 2.45) is 0 Å². The lowest BCUT2D eigenvalue weighted by Crippen LogP contribution is -2.56. The van der Waals surface area contributed by atoms with Crippen molar-refractivity contribution >= 4 is 40.9 Å². The van der Waals surface area contributed by atoms with Crippen LogP contribution in [0.1, 0.15) is 18.9 Å². The number of carbonyl (C=O) groups is 3. The molecule has 2 rings (SSSR count). The third kappa shape index (κ3) is 6.59. The Bertz CT molecular complexity index is 757. The van der Waals surface area contributed by atoms with Gasteiger partial charge in [-0.15, -0.1) is 0 Å². The first kappa shape index (κ1) is 23.4. The Hall–Kier alpha value is -1.83. The number of hydrogen-bond acceptors (Lipinski definition) is 4. The highest BCUT2D eigenvalue weighted by Crippen LogP contribution is 2.23. The Morgan fingerprint density at radius 3 is 2.31 bits per heavy atom. The normalized spacial score (nSPS) is 14.7. The smallest absolute Gasteiger partial charge is 0.312 e. The molecule has 1 aliphatic heterocycles. The predicted octanol–water partition coefficient (Wildman–Crippen LogP) is 1.96. The van der Waals surface area contributed by atoms with Gasteiger partial charge >= 0.3 is 11.8 Å². The minimum Gasteiger partial charge on any atom is -0.337 e. The van der Waals surface area contributed by atoms with Crippen molar-refractivity contribution in [2.75, 3.05) is 53.4 Å². The molecule has 0 aliphatic carbocycles. The first-order chi connectivity index (χ1) is 13.7. The quantitative estimate of drug-likeness (QED) is 0.548. The molecular formula is C20H28Cl2N4O3. The van der Waals surface area contributed by atoms with E-state index in [4.69, 9.17) is 23.2 Å². The number of piperazine rings is 1. The number of halogens is 2. The fourth-order valence-corrected chi connectivity index (χ4v) is 3.48. The van der Waals surface area contributed by atoms with Crippen molar-refractivity contribution < 1.29 is 14.4 Å². The molecule has 0 radical (unpaired) electrons. The molecule has 1 fully saturated rings. The van der Waals surface area contributed by atoms with E-state index in [-0.39, 0.29) is 12.5 Å². The van der Waals surface area contributed by atoms with Crippen LogP contribution >= 0.6 is 23.2 Å². The molecule has 0 spiro atoms. The minimum absolute atomic E-state index is 0.106. The molecule has 0 aromatic heterocycles. The Morgan fingerprint density at radius 2 is 1.69 bits per heavy atom. The van der Waals surface area contributed by atoms with Gasteiger partial charge in [-0.25, -0.2) is 0 Å². The molecule has 1 saturated heterocycles. The third-order valence-electron chi connectivity index (χ3n) is 4.85. The maximum atomic E-state index is 13.0. The first-order valence-corrected chi connectivity index (χ1v) is 10.4. The van der Waals surface area contributed by atoms with Crippen LogP contribution in [0.15, 0.2) is 18.2 Å². The second kappa shape index (κ2) is 10.8. The molecule has 29 heavy (non-hydrogen) atoms. The fourth-order valence-electron chi connectivity index (χ4n) is 3.16. The van der Waals surface area contributed by atoms with Crippen LogP contribution in [0.25, 0.3) is 0 Å². The van der Waals surface area contributed by atoms with E-state index < -0.39 is 11.8 Å². The van der Waals surface area contributed by atoms with Crippen LogP contribution in [-0.2, 0) is 20.9 Å². The number of hydrogen-bond donors (Lipinski definition) is 0. The van der Waals surface area contributed by atoms with Gasteiger partial charge in [-0.2, -0.15) is 0 Å². The molecule has 0 unspecified atom stereocenters. The molecule has 1 aromatic rings. The van der Waals surface area contributed by atoms with E-state index in [0.717, 1.165) is 18.5 Å². The van der Waals surface area contributed by atoms with E-state index in [1.807, 2.05) is 32.0 Å². The van der Waals surface area contributed by atoms with Crippen LogP contribution in [0.4, 0.5) is 0 Å². The van der Waals surface area contributed by atoms with Crippen LogP contribution in [0.5, 0.6) is 0 Å². The number of amides is 3.